The van der Waals surface area contributed by atoms with E-state index in [-0.39, 0.29) is 0 Å². The van der Waals surface area contributed by atoms with Gasteiger partial charge >= 0.3 is 0 Å². The topological polar surface area (TPSA) is 87.4 Å². The summed E-state index contributed by atoms with van der Waals surface area (Å²) in [5, 5.41) is 8.53. The Balaban J connectivity index is 2.03. The van der Waals surface area contributed by atoms with E-state index in [1.807, 2.05) is 51.0 Å². The van der Waals surface area contributed by atoms with Crippen LogP contribution in [0.4, 0.5) is 5.82 Å². The fourth-order valence-electron chi connectivity index (χ4n) is 2.67. The molecule has 0 atom stereocenters. The van der Waals surface area contributed by atoms with Crippen LogP contribution in [-0.4, -0.2) is 29.5 Å². The molecule has 0 unspecified atom stereocenters. The summed E-state index contributed by atoms with van der Waals surface area (Å²) < 4.78 is 3.55. The van der Waals surface area contributed by atoms with Gasteiger partial charge in [0.2, 0.25) is 0 Å². The number of aryl methyl sites for hydroxylation is 2. The van der Waals surface area contributed by atoms with Crippen LogP contribution in [-0.2, 0) is 14.1 Å². The molecule has 0 saturated heterocycles. The zero-order valence-corrected chi connectivity index (χ0v) is 12.8. The number of hydrogen-bond acceptors (Lipinski definition) is 5. The fourth-order valence-corrected chi connectivity index (χ4v) is 2.67. The van der Waals surface area contributed by atoms with Gasteiger partial charge in [-0.05, 0) is 23.3 Å². The molecule has 0 aliphatic heterocycles. The lowest BCUT2D eigenvalue weighted by atomic mass is 9.97. The summed E-state index contributed by atoms with van der Waals surface area (Å²) in [6.07, 6.45) is 9.19. The van der Waals surface area contributed by atoms with Gasteiger partial charge in [0, 0.05) is 37.6 Å². The quantitative estimate of drug-likeness (QED) is 0.612. The summed E-state index contributed by atoms with van der Waals surface area (Å²) in [6, 6.07) is 4.01. The summed E-state index contributed by atoms with van der Waals surface area (Å²) in [6.45, 7) is 0. The molecular formula is C16H15N7. The van der Waals surface area contributed by atoms with Crippen molar-refractivity contribution >= 4 is 16.9 Å². The van der Waals surface area contributed by atoms with Crippen LogP contribution < -0.4 is 5.73 Å². The highest BCUT2D eigenvalue weighted by Crippen LogP contribution is 2.34. The van der Waals surface area contributed by atoms with Crippen LogP contribution in [0, 0.1) is 0 Å². The Morgan fingerprint density at radius 1 is 0.826 bits per heavy atom. The molecule has 0 amide bonds. The third-order valence-electron chi connectivity index (χ3n) is 3.73. The van der Waals surface area contributed by atoms with E-state index in [1.165, 1.54) is 0 Å². The second-order valence-corrected chi connectivity index (χ2v) is 5.49. The van der Waals surface area contributed by atoms with E-state index in [0.717, 1.165) is 33.3 Å². The zero-order valence-electron chi connectivity index (χ0n) is 12.8. The van der Waals surface area contributed by atoms with Gasteiger partial charge in [0.15, 0.2) is 0 Å². The van der Waals surface area contributed by atoms with Crippen LogP contribution in [0.25, 0.3) is 33.3 Å². The van der Waals surface area contributed by atoms with Crippen LogP contribution in [0.5, 0.6) is 0 Å². The second kappa shape index (κ2) is 4.91. The standard InChI is InChI=1S/C16H15N7/c1-22-8-10(5-19-22)12-3-14-15(21-16(17)7-18-14)4-13(12)11-6-20-23(2)9-11/h3-9H,1-2H3,(H2,17,21). The third-order valence-corrected chi connectivity index (χ3v) is 3.73. The smallest absolute Gasteiger partial charge is 0.142 e. The van der Waals surface area contributed by atoms with Crippen LogP contribution in [0.1, 0.15) is 0 Å². The molecule has 0 saturated carbocycles. The van der Waals surface area contributed by atoms with E-state index in [1.54, 1.807) is 15.6 Å². The van der Waals surface area contributed by atoms with Gasteiger partial charge in [-0.1, -0.05) is 0 Å². The molecule has 0 radical (unpaired) electrons. The summed E-state index contributed by atoms with van der Waals surface area (Å²) in [5.74, 6) is 0.406. The molecule has 2 N–H and O–H groups in total. The number of anilines is 1. The van der Waals surface area contributed by atoms with Gasteiger partial charge < -0.3 is 5.73 Å². The predicted molar refractivity (Wildman–Crippen MR) is 88.4 cm³/mol. The lowest BCUT2D eigenvalue weighted by molar-refractivity contribution is 0.768. The molecule has 7 heteroatoms. The number of nitrogens with two attached hydrogens (primary N) is 1. The summed E-state index contributed by atoms with van der Waals surface area (Å²) in [4.78, 5) is 8.75. The van der Waals surface area contributed by atoms with E-state index in [4.69, 9.17) is 5.73 Å². The number of nitrogen functional groups attached to an aromatic ring is 1. The van der Waals surface area contributed by atoms with Crippen LogP contribution >= 0.6 is 0 Å². The average Bonchev–Trinajstić information content (AvgIpc) is 3.14. The number of benzene rings is 1. The largest absolute Gasteiger partial charge is 0.382 e. The van der Waals surface area contributed by atoms with Crippen molar-refractivity contribution in [3.05, 3.63) is 43.1 Å². The van der Waals surface area contributed by atoms with E-state index in [2.05, 4.69) is 20.2 Å². The number of nitrogens with zero attached hydrogens (tertiary/aromatic N) is 6. The molecule has 114 valence electrons. The number of hydrogen-bond donors (Lipinski definition) is 1. The van der Waals surface area contributed by atoms with Crippen molar-refractivity contribution in [3.63, 3.8) is 0 Å². The van der Waals surface area contributed by atoms with Crippen LogP contribution in [0.3, 0.4) is 0 Å². The third kappa shape index (κ3) is 2.32. The van der Waals surface area contributed by atoms with Gasteiger partial charge in [-0.25, -0.2) is 4.98 Å². The first-order valence-corrected chi connectivity index (χ1v) is 7.14. The van der Waals surface area contributed by atoms with Crippen molar-refractivity contribution in [2.24, 2.45) is 14.1 Å². The number of aromatic nitrogens is 6. The lowest BCUT2D eigenvalue weighted by Crippen LogP contribution is -1.94. The van der Waals surface area contributed by atoms with Crippen molar-refractivity contribution < 1.29 is 0 Å². The van der Waals surface area contributed by atoms with Crippen molar-refractivity contribution in [1.82, 2.24) is 29.5 Å². The maximum Gasteiger partial charge on any atom is 0.142 e. The Kier molecular flexibility index (Phi) is 2.87. The first kappa shape index (κ1) is 13.4. The van der Waals surface area contributed by atoms with Gasteiger partial charge in [-0.2, -0.15) is 10.2 Å². The Hall–Kier alpha value is -3.22. The van der Waals surface area contributed by atoms with E-state index >= 15 is 0 Å². The minimum Gasteiger partial charge on any atom is -0.382 e. The van der Waals surface area contributed by atoms with Gasteiger partial charge in [0.25, 0.3) is 0 Å². The Bertz CT molecular complexity index is 1010. The van der Waals surface area contributed by atoms with E-state index < -0.39 is 0 Å². The molecule has 0 bridgehead atoms. The molecule has 1 aromatic carbocycles. The lowest BCUT2D eigenvalue weighted by Gasteiger charge is -2.08. The number of rotatable bonds is 2. The Labute approximate surface area is 132 Å². The molecule has 4 rings (SSSR count). The zero-order chi connectivity index (χ0) is 16.0. The molecule has 23 heavy (non-hydrogen) atoms. The van der Waals surface area contributed by atoms with Crippen LogP contribution in [0.15, 0.2) is 43.1 Å². The van der Waals surface area contributed by atoms with E-state index in [0.29, 0.717) is 5.82 Å². The Morgan fingerprint density at radius 2 is 1.39 bits per heavy atom. The summed E-state index contributed by atoms with van der Waals surface area (Å²) in [5.41, 5.74) is 11.4. The predicted octanol–water partition coefficient (Wildman–Crippen LogP) is 2.01. The minimum atomic E-state index is 0.406. The highest BCUT2D eigenvalue weighted by Gasteiger charge is 2.13. The second-order valence-electron chi connectivity index (χ2n) is 5.49. The highest BCUT2D eigenvalue weighted by atomic mass is 15.2. The molecule has 3 heterocycles. The molecule has 4 aromatic rings. The SMILES string of the molecule is Cn1cc(-c2cc3ncc(N)nc3cc2-c2cnn(C)c2)cn1. The fraction of sp³-hybridized carbons (Fsp3) is 0.125. The highest BCUT2D eigenvalue weighted by molar-refractivity contribution is 5.93. The van der Waals surface area contributed by atoms with Crippen molar-refractivity contribution in [1.29, 1.82) is 0 Å². The Morgan fingerprint density at radius 3 is 1.91 bits per heavy atom. The normalized spacial score (nSPS) is 11.2. The molecule has 3 aromatic heterocycles. The maximum atomic E-state index is 5.77. The molecule has 0 spiro atoms. The molecular weight excluding hydrogens is 290 g/mol. The molecule has 0 aliphatic carbocycles. The van der Waals surface area contributed by atoms with Crippen molar-refractivity contribution in [2.45, 2.75) is 0 Å². The van der Waals surface area contributed by atoms with Crippen LogP contribution in [0.2, 0.25) is 0 Å². The number of fused-ring (bicyclic) bond motifs is 1. The van der Waals surface area contributed by atoms with Gasteiger partial charge in [0.1, 0.15) is 5.82 Å². The summed E-state index contributed by atoms with van der Waals surface area (Å²) >= 11 is 0. The van der Waals surface area contributed by atoms with Crippen molar-refractivity contribution in [3.8, 4) is 22.3 Å². The van der Waals surface area contributed by atoms with Gasteiger partial charge in [0.05, 0.1) is 29.6 Å². The van der Waals surface area contributed by atoms with E-state index in [9.17, 15) is 0 Å². The maximum absolute atomic E-state index is 5.77. The summed E-state index contributed by atoms with van der Waals surface area (Å²) in [7, 11) is 3.79. The van der Waals surface area contributed by atoms with Gasteiger partial charge in [-0.15, -0.1) is 0 Å². The first-order chi connectivity index (χ1) is 11.1. The monoisotopic (exact) mass is 305 g/mol. The first-order valence-electron chi connectivity index (χ1n) is 7.14. The molecule has 7 nitrogen and oxygen atoms in total. The van der Waals surface area contributed by atoms with Gasteiger partial charge in [-0.3, -0.25) is 14.3 Å². The molecule has 0 fully saturated rings. The minimum absolute atomic E-state index is 0.406. The van der Waals surface area contributed by atoms with Crippen molar-refractivity contribution in [2.75, 3.05) is 5.73 Å². The molecule has 0 aliphatic rings. The average molecular weight is 305 g/mol.